The van der Waals surface area contributed by atoms with Gasteiger partial charge in [-0.3, -0.25) is 4.68 Å². The van der Waals surface area contributed by atoms with E-state index in [-0.39, 0.29) is 0 Å². The Morgan fingerprint density at radius 2 is 1.89 bits per heavy atom. The Kier molecular flexibility index (Phi) is 2.83. The molecule has 0 aliphatic heterocycles. The third kappa shape index (κ3) is 2.37. The zero-order valence-electron chi connectivity index (χ0n) is 10.8. The van der Waals surface area contributed by atoms with Crippen LogP contribution >= 0.6 is 0 Å². The van der Waals surface area contributed by atoms with E-state index >= 15 is 0 Å². The first kappa shape index (κ1) is 11.6. The smallest absolute Gasteiger partial charge is 0.247 e. The van der Waals surface area contributed by atoms with Crippen LogP contribution in [0, 0.1) is 0 Å². The number of benzene rings is 1. The lowest BCUT2D eigenvalue weighted by Crippen LogP contribution is -2.01. The van der Waals surface area contributed by atoms with E-state index in [4.69, 9.17) is 0 Å². The Labute approximate surface area is 110 Å². The van der Waals surface area contributed by atoms with E-state index in [9.17, 15) is 0 Å². The Hall–Kier alpha value is -2.50. The molecule has 1 aromatic carbocycles. The van der Waals surface area contributed by atoms with Gasteiger partial charge < -0.3 is 5.32 Å². The second kappa shape index (κ2) is 4.64. The van der Waals surface area contributed by atoms with E-state index in [1.165, 1.54) is 0 Å². The summed E-state index contributed by atoms with van der Waals surface area (Å²) in [6.07, 6.45) is 3.67. The third-order valence-electron chi connectivity index (χ3n) is 2.75. The van der Waals surface area contributed by atoms with Gasteiger partial charge in [-0.2, -0.15) is 5.10 Å². The van der Waals surface area contributed by atoms with Crippen LogP contribution in [0.15, 0.2) is 36.7 Å². The molecular weight excluding hydrogens is 240 g/mol. The van der Waals surface area contributed by atoms with Crippen molar-refractivity contribution in [3.8, 4) is 0 Å². The van der Waals surface area contributed by atoms with E-state index in [2.05, 4.69) is 39.4 Å². The monoisotopic (exact) mass is 254 g/mol. The first-order valence-electron chi connectivity index (χ1n) is 6.13. The molecule has 0 saturated carbocycles. The van der Waals surface area contributed by atoms with Gasteiger partial charge in [0, 0.05) is 12.2 Å². The van der Waals surface area contributed by atoms with Crippen molar-refractivity contribution >= 4 is 22.7 Å². The van der Waals surface area contributed by atoms with Gasteiger partial charge >= 0.3 is 0 Å². The number of nitrogens with zero attached hydrogens (tertiary/aromatic N) is 5. The van der Waals surface area contributed by atoms with Gasteiger partial charge in [-0.25, -0.2) is 4.98 Å². The molecule has 19 heavy (non-hydrogen) atoms. The quantitative estimate of drug-likeness (QED) is 0.777. The van der Waals surface area contributed by atoms with E-state index in [0.717, 1.165) is 16.7 Å². The van der Waals surface area contributed by atoms with Crippen molar-refractivity contribution in [3.63, 3.8) is 0 Å². The Morgan fingerprint density at radius 1 is 1.11 bits per heavy atom. The van der Waals surface area contributed by atoms with E-state index in [1.807, 2.05) is 35.1 Å². The van der Waals surface area contributed by atoms with Crippen LogP contribution in [0.1, 0.15) is 19.9 Å². The highest BCUT2D eigenvalue weighted by molar-refractivity contribution is 5.74. The summed E-state index contributed by atoms with van der Waals surface area (Å²) in [7, 11) is 0. The van der Waals surface area contributed by atoms with Gasteiger partial charge in [0.25, 0.3) is 0 Å². The second-order valence-corrected chi connectivity index (χ2v) is 4.55. The van der Waals surface area contributed by atoms with Crippen molar-refractivity contribution < 1.29 is 0 Å². The number of fused-ring (bicyclic) bond motifs is 1. The lowest BCUT2D eigenvalue weighted by atomic mass is 10.3. The molecule has 96 valence electrons. The Morgan fingerprint density at radius 3 is 2.63 bits per heavy atom. The lowest BCUT2D eigenvalue weighted by molar-refractivity contribution is 0.532. The fourth-order valence-electron chi connectivity index (χ4n) is 1.75. The van der Waals surface area contributed by atoms with Crippen molar-refractivity contribution in [1.82, 2.24) is 25.0 Å². The van der Waals surface area contributed by atoms with Crippen LogP contribution in [0.5, 0.6) is 0 Å². The molecule has 3 rings (SSSR count). The number of nitrogens with one attached hydrogen (secondary N) is 1. The molecule has 0 spiro atoms. The average molecular weight is 254 g/mol. The molecule has 0 amide bonds. The lowest BCUT2D eigenvalue weighted by Gasteiger charge is -2.04. The number of rotatable bonds is 3. The fourth-order valence-corrected chi connectivity index (χ4v) is 1.75. The highest BCUT2D eigenvalue weighted by atomic mass is 15.3. The number of para-hydroxylation sites is 1. The predicted molar refractivity (Wildman–Crippen MR) is 73.2 cm³/mol. The second-order valence-electron chi connectivity index (χ2n) is 4.55. The van der Waals surface area contributed by atoms with Crippen molar-refractivity contribution in [2.45, 2.75) is 19.9 Å². The minimum absolute atomic E-state index is 0.325. The van der Waals surface area contributed by atoms with E-state index < -0.39 is 0 Å². The molecule has 1 N–H and O–H groups in total. The molecule has 0 aliphatic carbocycles. The van der Waals surface area contributed by atoms with E-state index in [0.29, 0.717) is 12.0 Å². The fraction of sp³-hybridized carbons (Fsp3) is 0.231. The normalized spacial score (nSPS) is 11.1. The molecule has 3 aromatic rings. The highest BCUT2D eigenvalue weighted by Crippen LogP contribution is 2.15. The number of hydrogen-bond acceptors (Lipinski definition) is 5. The molecule has 2 aromatic heterocycles. The topological polar surface area (TPSA) is 68.5 Å². The summed E-state index contributed by atoms with van der Waals surface area (Å²) in [6, 6.07) is 7.96. The average Bonchev–Trinajstić information content (AvgIpc) is 2.87. The highest BCUT2D eigenvalue weighted by Gasteiger charge is 2.05. The maximum Gasteiger partial charge on any atom is 0.247 e. The van der Waals surface area contributed by atoms with Crippen molar-refractivity contribution in [2.75, 3.05) is 5.32 Å². The maximum atomic E-state index is 4.40. The van der Waals surface area contributed by atoms with Crippen molar-refractivity contribution in [1.29, 1.82) is 0 Å². The number of anilines is 2. The molecule has 0 fully saturated rings. The van der Waals surface area contributed by atoms with Crippen LogP contribution in [-0.2, 0) is 0 Å². The first-order valence-corrected chi connectivity index (χ1v) is 6.13. The van der Waals surface area contributed by atoms with Gasteiger partial charge in [0.05, 0.1) is 17.4 Å². The zero-order chi connectivity index (χ0) is 13.2. The van der Waals surface area contributed by atoms with Crippen LogP contribution < -0.4 is 5.32 Å². The van der Waals surface area contributed by atoms with Gasteiger partial charge in [-0.15, -0.1) is 10.2 Å². The SMILES string of the molecule is CC(C)n1cc(Nc2nnc3ccccc3n2)cn1. The summed E-state index contributed by atoms with van der Waals surface area (Å²) in [5.41, 5.74) is 2.45. The van der Waals surface area contributed by atoms with Gasteiger partial charge in [0.2, 0.25) is 5.95 Å². The van der Waals surface area contributed by atoms with Gasteiger partial charge in [0.15, 0.2) is 0 Å². The minimum Gasteiger partial charge on any atom is -0.320 e. The number of hydrogen-bond donors (Lipinski definition) is 1. The summed E-state index contributed by atoms with van der Waals surface area (Å²) in [4.78, 5) is 4.40. The minimum atomic E-state index is 0.325. The molecule has 0 atom stereocenters. The number of aromatic nitrogens is 5. The van der Waals surface area contributed by atoms with Crippen LogP contribution in [-0.4, -0.2) is 25.0 Å². The van der Waals surface area contributed by atoms with Crippen LogP contribution in [0.3, 0.4) is 0 Å². The maximum absolute atomic E-state index is 4.40. The van der Waals surface area contributed by atoms with Crippen LogP contribution in [0.4, 0.5) is 11.6 Å². The van der Waals surface area contributed by atoms with Crippen molar-refractivity contribution in [3.05, 3.63) is 36.7 Å². The summed E-state index contributed by atoms with van der Waals surface area (Å²) < 4.78 is 1.87. The molecule has 0 unspecified atom stereocenters. The van der Waals surface area contributed by atoms with Crippen LogP contribution in [0.25, 0.3) is 11.0 Å². The molecule has 0 saturated heterocycles. The molecule has 6 nitrogen and oxygen atoms in total. The predicted octanol–water partition coefficient (Wildman–Crippen LogP) is 2.55. The molecule has 2 heterocycles. The Balaban J connectivity index is 1.87. The molecule has 0 radical (unpaired) electrons. The zero-order valence-corrected chi connectivity index (χ0v) is 10.8. The Bertz CT molecular complexity index is 703. The van der Waals surface area contributed by atoms with Gasteiger partial charge in [-0.1, -0.05) is 12.1 Å². The molecule has 6 heteroatoms. The molecule has 0 bridgehead atoms. The summed E-state index contributed by atoms with van der Waals surface area (Å²) in [5.74, 6) is 0.474. The van der Waals surface area contributed by atoms with E-state index in [1.54, 1.807) is 6.20 Å². The van der Waals surface area contributed by atoms with Gasteiger partial charge in [0.1, 0.15) is 5.52 Å². The first-order chi connectivity index (χ1) is 9.22. The van der Waals surface area contributed by atoms with Gasteiger partial charge in [-0.05, 0) is 26.0 Å². The molecule has 0 aliphatic rings. The van der Waals surface area contributed by atoms with Crippen LogP contribution in [0.2, 0.25) is 0 Å². The summed E-state index contributed by atoms with van der Waals surface area (Å²) >= 11 is 0. The molecular formula is C13H14N6. The third-order valence-corrected chi connectivity index (χ3v) is 2.75. The summed E-state index contributed by atoms with van der Waals surface area (Å²) in [5, 5.41) is 15.5. The largest absolute Gasteiger partial charge is 0.320 e. The standard InChI is InChI=1S/C13H14N6/c1-9(2)19-8-10(7-14-19)15-13-16-11-5-3-4-6-12(11)17-18-13/h3-9H,1-2H3,(H,15,16,18). The van der Waals surface area contributed by atoms with Crippen molar-refractivity contribution in [2.24, 2.45) is 0 Å². The summed E-state index contributed by atoms with van der Waals surface area (Å²) in [6.45, 7) is 4.15.